The standard InChI is InChI=1S/C24H32O4/c1-16(2)23(25)27-14-21-11-10-20(12-19-8-6-18(5)7-9-19)13-22(21)15-28-24(26)17(3)4/h10-11,13,18-19H,1,3,6-9,12,14-15H2,2,4-5H3. The van der Waals surface area contributed by atoms with E-state index < -0.39 is 11.9 Å². The topological polar surface area (TPSA) is 52.6 Å². The molecule has 0 atom stereocenters. The molecule has 1 aliphatic carbocycles. The Hall–Kier alpha value is -2.36. The lowest BCUT2D eigenvalue weighted by Crippen LogP contribution is -2.15. The van der Waals surface area contributed by atoms with E-state index in [1.165, 1.54) is 31.2 Å². The smallest absolute Gasteiger partial charge is 0.333 e. The summed E-state index contributed by atoms with van der Waals surface area (Å²) in [5, 5.41) is 0. The molecule has 0 aliphatic heterocycles. The highest BCUT2D eigenvalue weighted by atomic mass is 16.5. The Balaban J connectivity index is 2.11. The van der Waals surface area contributed by atoms with Crippen LogP contribution in [0.15, 0.2) is 42.5 Å². The van der Waals surface area contributed by atoms with Crippen LogP contribution in [0.3, 0.4) is 0 Å². The van der Waals surface area contributed by atoms with Gasteiger partial charge in [-0.15, -0.1) is 0 Å². The number of benzene rings is 1. The molecule has 28 heavy (non-hydrogen) atoms. The minimum absolute atomic E-state index is 0.132. The number of esters is 2. The van der Waals surface area contributed by atoms with Gasteiger partial charge in [-0.1, -0.05) is 51.1 Å². The van der Waals surface area contributed by atoms with Gasteiger partial charge < -0.3 is 9.47 Å². The molecule has 0 aromatic heterocycles. The van der Waals surface area contributed by atoms with Crippen LogP contribution in [0.4, 0.5) is 0 Å². The monoisotopic (exact) mass is 384 g/mol. The fourth-order valence-corrected chi connectivity index (χ4v) is 3.48. The molecule has 1 aromatic carbocycles. The number of hydrogen-bond donors (Lipinski definition) is 0. The Kier molecular flexibility index (Phi) is 8.04. The third kappa shape index (κ3) is 6.66. The Labute approximate surface area is 168 Å². The second kappa shape index (κ2) is 10.3. The van der Waals surface area contributed by atoms with Crippen LogP contribution < -0.4 is 0 Å². The first-order chi connectivity index (χ1) is 13.3. The molecule has 2 rings (SSSR count). The Morgan fingerprint density at radius 3 is 2.00 bits per heavy atom. The molecule has 0 radical (unpaired) electrons. The van der Waals surface area contributed by atoms with Gasteiger partial charge in [0.25, 0.3) is 0 Å². The Morgan fingerprint density at radius 1 is 0.929 bits per heavy atom. The molecule has 1 saturated carbocycles. The predicted octanol–water partition coefficient (Wildman–Crippen LogP) is 5.29. The summed E-state index contributed by atoms with van der Waals surface area (Å²) in [6.45, 7) is 13.1. The predicted molar refractivity (Wildman–Crippen MR) is 110 cm³/mol. The molecule has 0 spiro atoms. The van der Waals surface area contributed by atoms with Gasteiger partial charge in [-0.3, -0.25) is 0 Å². The molecular formula is C24H32O4. The lowest BCUT2D eigenvalue weighted by atomic mass is 9.80. The lowest BCUT2D eigenvalue weighted by molar-refractivity contribution is -0.141. The van der Waals surface area contributed by atoms with Crippen LogP contribution in [0.25, 0.3) is 0 Å². The summed E-state index contributed by atoms with van der Waals surface area (Å²) in [5.74, 6) is 0.690. The largest absolute Gasteiger partial charge is 0.457 e. The van der Waals surface area contributed by atoms with Crippen molar-refractivity contribution in [3.63, 3.8) is 0 Å². The van der Waals surface area contributed by atoms with Gasteiger partial charge in [-0.25, -0.2) is 9.59 Å². The highest BCUT2D eigenvalue weighted by Gasteiger charge is 2.19. The minimum Gasteiger partial charge on any atom is -0.457 e. The first-order valence-electron chi connectivity index (χ1n) is 10.0. The fraction of sp³-hybridized carbons (Fsp3) is 0.500. The quantitative estimate of drug-likeness (QED) is 0.451. The van der Waals surface area contributed by atoms with Crippen LogP contribution in [-0.4, -0.2) is 11.9 Å². The number of carbonyl (C=O) groups is 2. The molecule has 1 aromatic rings. The van der Waals surface area contributed by atoms with E-state index in [2.05, 4.69) is 32.2 Å². The number of carbonyl (C=O) groups excluding carboxylic acids is 2. The summed E-state index contributed by atoms with van der Waals surface area (Å²) in [6, 6.07) is 6.14. The first-order valence-corrected chi connectivity index (χ1v) is 10.0. The molecule has 0 saturated heterocycles. The van der Waals surface area contributed by atoms with Crippen molar-refractivity contribution in [3.8, 4) is 0 Å². The SMILES string of the molecule is C=C(C)C(=O)OCc1ccc(CC2CCC(C)CC2)cc1COC(=O)C(=C)C. The van der Waals surface area contributed by atoms with Crippen molar-refractivity contribution in [1.29, 1.82) is 0 Å². The number of hydrogen-bond acceptors (Lipinski definition) is 4. The lowest BCUT2D eigenvalue weighted by Gasteiger charge is -2.26. The van der Waals surface area contributed by atoms with Crippen LogP contribution in [0.2, 0.25) is 0 Å². The molecule has 0 heterocycles. The van der Waals surface area contributed by atoms with Crippen LogP contribution in [0, 0.1) is 11.8 Å². The third-order valence-electron chi connectivity index (χ3n) is 5.34. The van der Waals surface area contributed by atoms with Crippen LogP contribution in [-0.2, 0) is 38.7 Å². The highest BCUT2D eigenvalue weighted by Crippen LogP contribution is 2.31. The van der Waals surface area contributed by atoms with Gasteiger partial charge in [-0.2, -0.15) is 0 Å². The summed E-state index contributed by atoms with van der Waals surface area (Å²) in [7, 11) is 0. The van der Waals surface area contributed by atoms with Crippen LogP contribution in [0.5, 0.6) is 0 Å². The summed E-state index contributed by atoms with van der Waals surface area (Å²) in [5.41, 5.74) is 3.66. The van der Waals surface area contributed by atoms with Crippen molar-refractivity contribution in [2.75, 3.05) is 0 Å². The van der Waals surface area contributed by atoms with E-state index >= 15 is 0 Å². The van der Waals surface area contributed by atoms with Gasteiger partial charge in [-0.05, 0) is 61.6 Å². The molecule has 1 aliphatic rings. The summed E-state index contributed by atoms with van der Waals surface area (Å²) >= 11 is 0. The van der Waals surface area contributed by atoms with Crippen molar-refractivity contribution in [2.45, 2.75) is 66.1 Å². The van der Waals surface area contributed by atoms with Gasteiger partial charge in [0.15, 0.2) is 0 Å². The fourth-order valence-electron chi connectivity index (χ4n) is 3.48. The molecule has 4 nitrogen and oxygen atoms in total. The van der Waals surface area contributed by atoms with E-state index in [-0.39, 0.29) is 13.2 Å². The normalized spacial score (nSPS) is 19.0. The van der Waals surface area contributed by atoms with Crippen molar-refractivity contribution in [3.05, 3.63) is 59.2 Å². The Morgan fingerprint density at radius 2 is 1.46 bits per heavy atom. The van der Waals surface area contributed by atoms with Crippen molar-refractivity contribution in [2.24, 2.45) is 11.8 Å². The molecule has 0 amide bonds. The molecular weight excluding hydrogens is 352 g/mol. The van der Waals surface area contributed by atoms with E-state index in [1.807, 2.05) is 6.07 Å². The van der Waals surface area contributed by atoms with Crippen LogP contribution in [0.1, 0.15) is 63.1 Å². The number of rotatable bonds is 8. The average Bonchev–Trinajstić information content (AvgIpc) is 2.66. The van der Waals surface area contributed by atoms with Gasteiger partial charge in [0.2, 0.25) is 0 Å². The maximum absolute atomic E-state index is 11.8. The van der Waals surface area contributed by atoms with Crippen molar-refractivity contribution >= 4 is 11.9 Å². The third-order valence-corrected chi connectivity index (χ3v) is 5.34. The Bertz CT molecular complexity index is 739. The first kappa shape index (κ1) is 21.9. The zero-order valence-corrected chi connectivity index (χ0v) is 17.4. The molecule has 0 N–H and O–H groups in total. The van der Waals surface area contributed by atoms with E-state index in [1.54, 1.807) is 13.8 Å². The zero-order valence-electron chi connectivity index (χ0n) is 17.4. The maximum atomic E-state index is 11.8. The summed E-state index contributed by atoms with van der Waals surface area (Å²) < 4.78 is 10.6. The van der Waals surface area contributed by atoms with Crippen LogP contribution >= 0.6 is 0 Å². The van der Waals surface area contributed by atoms with Gasteiger partial charge >= 0.3 is 11.9 Å². The highest BCUT2D eigenvalue weighted by molar-refractivity contribution is 5.87. The zero-order chi connectivity index (χ0) is 20.7. The summed E-state index contributed by atoms with van der Waals surface area (Å²) in [4.78, 5) is 23.5. The van der Waals surface area contributed by atoms with E-state index in [4.69, 9.17) is 9.47 Å². The average molecular weight is 385 g/mol. The van der Waals surface area contributed by atoms with E-state index in [0.717, 1.165) is 23.5 Å². The van der Waals surface area contributed by atoms with Crippen molar-refractivity contribution in [1.82, 2.24) is 0 Å². The minimum atomic E-state index is -0.426. The van der Waals surface area contributed by atoms with E-state index in [0.29, 0.717) is 17.1 Å². The molecule has 1 fully saturated rings. The van der Waals surface area contributed by atoms with Gasteiger partial charge in [0.05, 0.1) is 0 Å². The summed E-state index contributed by atoms with van der Waals surface area (Å²) in [6.07, 6.45) is 6.14. The molecule has 152 valence electrons. The van der Waals surface area contributed by atoms with Gasteiger partial charge in [0, 0.05) is 11.1 Å². The van der Waals surface area contributed by atoms with Gasteiger partial charge in [0.1, 0.15) is 13.2 Å². The molecule has 4 heteroatoms. The van der Waals surface area contributed by atoms with Crippen molar-refractivity contribution < 1.29 is 19.1 Å². The second-order valence-corrected chi connectivity index (χ2v) is 8.15. The van der Waals surface area contributed by atoms with E-state index in [9.17, 15) is 9.59 Å². The second-order valence-electron chi connectivity index (χ2n) is 8.15. The number of ether oxygens (including phenoxy) is 2. The maximum Gasteiger partial charge on any atom is 0.333 e. The molecule has 0 bridgehead atoms. The molecule has 0 unspecified atom stereocenters.